The molecule has 2 aromatic rings. The van der Waals surface area contributed by atoms with Crippen LogP contribution in [0.1, 0.15) is 24.5 Å². The van der Waals surface area contributed by atoms with Crippen LogP contribution in [0.3, 0.4) is 0 Å². The maximum Gasteiger partial charge on any atom is 0.260 e. The summed E-state index contributed by atoms with van der Waals surface area (Å²) in [5, 5.41) is 0. The molecule has 32 heavy (non-hydrogen) atoms. The van der Waals surface area contributed by atoms with Gasteiger partial charge in [-0.2, -0.15) is 0 Å². The Morgan fingerprint density at radius 3 is 2.16 bits per heavy atom. The second kappa shape index (κ2) is 11.4. The molecule has 7 heteroatoms. The smallest absolute Gasteiger partial charge is 0.260 e. The highest BCUT2D eigenvalue weighted by Gasteiger charge is 2.24. The number of hydrogen-bond donors (Lipinski definition) is 0. The maximum absolute atomic E-state index is 12.7. The number of methoxy groups -OCH3 is 1. The number of benzene rings is 2. The molecule has 0 bridgehead atoms. The zero-order valence-corrected chi connectivity index (χ0v) is 19.1. The first-order chi connectivity index (χ1) is 15.5. The van der Waals surface area contributed by atoms with Gasteiger partial charge in [0.15, 0.2) is 18.1 Å². The summed E-state index contributed by atoms with van der Waals surface area (Å²) in [7, 11) is 1.61. The van der Waals surface area contributed by atoms with Gasteiger partial charge in [-0.1, -0.05) is 23.8 Å². The van der Waals surface area contributed by atoms with Gasteiger partial charge < -0.3 is 24.0 Å². The second-order valence-electron chi connectivity index (χ2n) is 7.78. The molecule has 0 atom stereocenters. The molecule has 1 aliphatic rings. The van der Waals surface area contributed by atoms with Gasteiger partial charge in [-0.3, -0.25) is 9.59 Å². The molecule has 172 valence electrons. The third-order valence-corrected chi connectivity index (χ3v) is 5.52. The van der Waals surface area contributed by atoms with E-state index in [1.54, 1.807) is 12.0 Å². The Bertz CT molecular complexity index is 905. The predicted molar refractivity (Wildman–Crippen MR) is 122 cm³/mol. The van der Waals surface area contributed by atoms with Gasteiger partial charge in [-0.25, -0.2) is 0 Å². The van der Waals surface area contributed by atoms with Crippen molar-refractivity contribution in [2.24, 2.45) is 0 Å². The van der Waals surface area contributed by atoms with Crippen LogP contribution in [0, 0.1) is 6.92 Å². The Labute approximate surface area is 189 Å². The lowest BCUT2D eigenvalue weighted by atomic mass is 10.1. The van der Waals surface area contributed by atoms with Gasteiger partial charge in [0.2, 0.25) is 5.91 Å². The highest BCUT2D eigenvalue weighted by atomic mass is 16.5. The molecule has 2 amide bonds. The first kappa shape index (κ1) is 23.4. The molecule has 0 spiro atoms. The number of carbonyl (C=O) groups excluding carboxylic acids is 2. The van der Waals surface area contributed by atoms with Crippen molar-refractivity contribution in [3.05, 3.63) is 53.6 Å². The van der Waals surface area contributed by atoms with Crippen molar-refractivity contribution >= 4 is 11.8 Å². The van der Waals surface area contributed by atoms with E-state index in [0.717, 1.165) is 11.1 Å². The van der Waals surface area contributed by atoms with Gasteiger partial charge in [0.05, 0.1) is 13.7 Å². The molecule has 1 heterocycles. The highest BCUT2D eigenvalue weighted by molar-refractivity contribution is 5.79. The molecular weight excluding hydrogens is 408 g/mol. The van der Waals surface area contributed by atoms with Gasteiger partial charge in [0.25, 0.3) is 5.91 Å². The number of piperazine rings is 1. The van der Waals surface area contributed by atoms with Crippen molar-refractivity contribution in [1.29, 1.82) is 0 Å². The molecule has 0 aliphatic carbocycles. The Morgan fingerprint density at radius 2 is 1.53 bits per heavy atom. The summed E-state index contributed by atoms with van der Waals surface area (Å²) < 4.78 is 16.5. The molecule has 1 saturated heterocycles. The van der Waals surface area contributed by atoms with Crippen molar-refractivity contribution in [2.75, 3.05) is 46.5 Å². The van der Waals surface area contributed by atoms with Crippen molar-refractivity contribution in [1.82, 2.24) is 9.80 Å². The largest absolute Gasteiger partial charge is 0.493 e. The normalized spacial score (nSPS) is 13.6. The third kappa shape index (κ3) is 6.39. The van der Waals surface area contributed by atoms with E-state index in [4.69, 9.17) is 14.2 Å². The second-order valence-corrected chi connectivity index (χ2v) is 7.78. The van der Waals surface area contributed by atoms with Crippen LogP contribution >= 0.6 is 0 Å². The first-order valence-electron chi connectivity index (χ1n) is 11.0. The van der Waals surface area contributed by atoms with Gasteiger partial charge in [0.1, 0.15) is 5.75 Å². The summed E-state index contributed by atoms with van der Waals surface area (Å²) in [5.74, 6) is 2.11. The van der Waals surface area contributed by atoms with Gasteiger partial charge in [-0.05, 0) is 50.1 Å². The molecule has 0 radical (unpaired) electrons. The lowest BCUT2D eigenvalue weighted by molar-refractivity contribution is -0.140. The topological polar surface area (TPSA) is 68.3 Å². The molecule has 1 aliphatic heterocycles. The van der Waals surface area contributed by atoms with Crippen LogP contribution in [-0.2, 0) is 16.0 Å². The Kier molecular flexibility index (Phi) is 8.36. The van der Waals surface area contributed by atoms with Crippen molar-refractivity contribution < 1.29 is 23.8 Å². The summed E-state index contributed by atoms with van der Waals surface area (Å²) in [6, 6.07) is 13.4. The fourth-order valence-corrected chi connectivity index (χ4v) is 3.63. The van der Waals surface area contributed by atoms with E-state index in [1.807, 2.05) is 61.2 Å². The van der Waals surface area contributed by atoms with Gasteiger partial charge >= 0.3 is 0 Å². The number of aryl methyl sites for hydroxylation is 2. The van der Waals surface area contributed by atoms with Crippen LogP contribution in [0.15, 0.2) is 42.5 Å². The molecule has 0 unspecified atom stereocenters. The van der Waals surface area contributed by atoms with E-state index in [-0.39, 0.29) is 18.4 Å². The van der Waals surface area contributed by atoms with E-state index in [2.05, 4.69) is 0 Å². The maximum atomic E-state index is 12.7. The lowest BCUT2D eigenvalue weighted by Crippen LogP contribution is -2.51. The molecule has 7 nitrogen and oxygen atoms in total. The van der Waals surface area contributed by atoms with Crippen LogP contribution < -0.4 is 14.2 Å². The van der Waals surface area contributed by atoms with Gasteiger partial charge in [0, 0.05) is 32.6 Å². The quantitative estimate of drug-likeness (QED) is 0.600. The minimum Gasteiger partial charge on any atom is -0.493 e. The van der Waals surface area contributed by atoms with Crippen molar-refractivity contribution in [3.63, 3.8) is 0 Å². The number of nitrogens with zero attached hydrogens (tertiary/aromatic N) is 2. The molecule has 0 saturated carbocycles. The summed E-state index contributed by atoms with van der Waals surface area (Å²) in [6.45, 7) is 6.65. The van der Waals surface area contributed by atoms with Crippen LogP contribution in [0.25, 0.3) is 0 Å². The Morgan fingerprint density at radius 1 is 0.875 bits per heavy atom. The van der Waals surface area contributed by atoms with Crippen LogP contribution in [0.4, 0.5) is 0 Å². The summed E-state index contributed by atoms with van der Waals surface area (Å²) in [5.41, 5.74) is 2.17. The third-order valence-electron chi connectivity index (χ3n) is 5.52. The number of rotatable bonds is 9. The fraction of sp³-hybridized carbons (Fsp3) is 0.440. The SMILES string of the molecule is CCOc1ccc(CCC(=O)N2CCN(C(=O)COc3ccc(C)cc3)CC2)cc1OC. The van der Waals surface area contributed by atoms with Crippen LogP contribution in [-0.4, -0.2) is 68.1 Å². The number of amides is 2. The average molecular weight is 441 g/mol. The zero-order valence-electron chi connectivity index (χ0n) is 19.1. The predicted octanol–water partition coefficient (Wildman–Crippen LogP) is 3.08. The zero-order chi connectivity index (χ0) is 22.9. The number of carbonyl (C=O) groups is 2. The minimum absolute atomic E-state index is 0.0105. The Hall–Kier alpha value is -3.22. The Balaban J connectivity index is 1.42. The molecule has 1 fully saturated rings. The molecular formula is C25H32N2O5. The van der Waals surface area contributed by atoms with Crippen molar-refractivity contribution in [3.8, 4) is 17.2 Å². The molecule has 2 aromatic carbocycles. The van der Waals surface area contributed by atoms with E-state index < -0.39 is 0 Å². The summed E-state index contributed by atoms with van der Waals surface area (Å²) in [6.07, 6.45) is 1.05. The number of ether oxygens (including phenoxy) is 3. The molecule has 0 N–H and O–H groups in total. The average Bonchev–Trinajstić information content (AvgIpc) is 2.83. The van der Waals surface area contributed by atoms with Crippen LogP contribution in [0.2, 0.25) is 0 Å². The summed E-state index contributed by atoms with van der Waals surface area (Å²) in [4.78, 5) is 28.7. The fourth-order valence-electron chi connectivity index (χ4n) is 3.63. The monoisotopic (exact) mass is 440 g/mol. The standard InChI is InChI=1S/C25H32N2O5/c1-4-31-22-11-7-20(17-23(22)30-3)8-12-24(28)26-13-15-27(16-14-26)25(29)18-32-21-9-5-19(2)6-10-21/h5-7,9-11,17H,4,8,12-16,18H2,1-3H3. The first-order valence-corrected chi connectivity index (χ1v) is 11.0. The number of hydrogen-bond acceptors (Lipinski definition) is 5. The van der Waals surface area contributed by atoms with Gasteiger partial charge in [-0.15, -0.1) is 0 Å². The minimum atomic E-state index is -0.0563. The summed E-state index contributed by atoms with van der Waals surface area (Å²) >= 11 is 0. The van der Waals surface area contributed by atoms with E-state index in [0.29, 0.717) is 62.9 Å². The van der Waals surface area contributed by atoms with E-state index in [1.165, 1.54) is 0 Å². The lowest BCUT2D eigenvalue weighted by Gasteiger charge is -2.34. The molecule has 3 rings (SSSR count). The van der Waals surface area contributed by atoms with Crippen molar-refractivity contribution in [2.45, 2.75) is 26.7 Å². The highest BCUT2D eigenvalue weighted by Crippen LogP contribution is 2.28. The van der Waals surface area contributed by atoms with E-state index >= 15 is 0 Å². The van der Waals surface area contributed by atoms with Crippen LogP contribution in [0.5, 0.6) is 17.2 Å². The van der Waals surface area contributed by atoms with E-state index in [9.17, 15) is 9.59 Å². The molecule has 0 aromatic heterocycles.